The number of esters is 1. The summed E-state index contributed by atoms with van der Waals surface area (Å²) in [6.45, 7) is 9.05. The zero-order valence-corrected chi connectivity index (χ0v) is 35.7. The lowest BCUT2D eigenvalue weighted by Gasteiger charge is -2.46. The Morgan fingerprint density at radius 3 is 2.67 bits per heavy atom. The summed E-state index contributed by atoms with van der Waals surface area (Å²) in [7, 11) is -0.751. The highest BCUT2D eigenvalue weighted by Gasteiger charge is 2.45. The molecule has 0 radical (unpaired) electrons. The van der Waals surface area contributed by atoms with Gasteiger partial charge < -0.3 is 24.8 Å². The predicted molar refractivity (Wildman–Crippen MR) is 224 cm³/mol. The standard InChI is InChI=1S/C43H55ClN6O7S/c1-25(2)38(45)42(53)57-36-11-7-9-26(3)27(4)58(54,48-40(52)33-22-49(5)46-41(33)55-6)47-39(51)29-13-17-37-35(20-29)50(21-30-12-15-32(30)36)23-43(24-56-37)18-8-10-28-19-31(44)14-16-34(28)43/h7,11,13-14,16-17,19-20,22,25-27,30,32,36,38H,8-10,12,15,18,21,23-24,45H2,1-6H3,(H,47,48,51,52,54)/b11-7-/t26-,27+,30-,32+,36-,38-,43-,58?/m0/s1. The van der Waals surface area contributed by atoms with Gasteiger partial charge in [0.15, 0.2) is 0 Å². The molecule has 2 bridgehead atoms. The smallest absolute Gasteiger partial charge is 0.323 e. The van der Waals surface area contributed by atoms with Gasteiger partial charge in [-0.05, 0) is 111 Å². The second-order valence-electron chi connectivity index (χ2n) is 16.9. The number of anilines is 1. The van der Waals surface area contributed by atoms with Crippen LogP contribution in [0.25, 0.3) is 0 Å². The number of nitrogens with two attached hydrogens (primary N) is 1. The number of amides is 2. The Hall–Kier alpha value is -4.40. The van der Waals surface area contributed by atoms with Crippen LogP contribution in [0, 0.1) is 23.7 Å². The van der Waals surface area contributed by atoms with Crippen molar-refractivity contribution in [2.75, 3.05) is 31.7 Å². The van der Waals surface area contributed by atoms with E-state index in [9.17, 15) is 14.4 Å². The van der Waals surface area contributed by atoms with E-state index in [0.717, 1.165) is 37.8 Å². The molecule has 15 heteroatoms. The van der Waals surface area contributed by atoms with Gasteiger partial charge in [-0.2, -0.15) is 0 Å². The van der Waals surface area contributed by atoms with Crippen molar-refractivity contribution in [3.8, 4) is 11.6 Å². The third-order valence-corrected chi connectivity index (χ3v) is 15.3. The van der Waals surface area contributed by atoms with Crippen LogP contribution in [0.1, 0.15) is 91.6 Å². The monoisotopic (exact) mass is 834 g/mol. The predicted octanol–water partition coefficient (Wildman–Crippen LogP) is 6.41. The Bertz CT molecular complexity index is 2230. The fourth-order valence-electron chi connectivity index (χ4n) is 8.81. The molecule has 3 aromatic rings. The minimum absolute atomic E-state index is 0.0130. The van der Waals surface area contributed by atoms with E-state index < -0.39 is 45.1 Å². The first-order valence-corrected chi connectivity index (χ1v) is 22.2. The van der Waals surface area contributed by atoms with Gasteiger partial charge in [-0.3, -0.25) is 23.8 Å². The van der Waals surface area contributed by atoms with E-state index in [1.807, 2.05) is 39.0 Å². The summed E-state index contributed by atoms with van der Waals surface area (Å²) in [4.78, 5) is 43.8. The van der Waals surface area contributed by atoms with Crippen LogP contribution in [-0.4, -0.2) is 76.0 Å². The second kappa shape index (κ2) is 16.7. The van der Waals surface area contributed by atoms with Crippen LogP contribution in [0.3, 0.4) is 0 Å². The maximum absolute atomic E-state index is 15.1. The molecule has 1 saturated carbocycles. The third kappa shape index (κ3) is 8.24. The lowest BCUT2D eigenvalue weighted by molar-refractivity contribution is -0.154. The first-order chi connectivity index (χ1) is 27.6. The lowest BCUT2D eigenvalue weighted by Crippen LogP contribution is -2.50. The Labute approximate surface area is 346 Å². The van der Waals surface area contributed by atoms with Gasteiger partial charge in [0.05, 0.1) is 24.7 Å². The number of hydrogen-bond donors (Lipinski definition) is 2. The number of halogens is 1. The maximum atomic E-state index is 15.1. The summed E-state index contributed by atoms with van der Waals surface area (Å²) in [6, 6.07) is 10.5. The summed E-state index contributed by atoms with van der Waals surface area (Å²) >= 11 is 6.49. The second-order valence-corrected chi connectivity index (χ2v) is 19.6. The zero-order valence-electron chi connectivity index (χ0n) is 34.1. The number of aryl methyl sites for hydroxylation is 2. The molecule has 7 rings (SSSR count). The Morgan fingerprint density at radius 2 is 1.95 bits per heavy atom. The fraction of sp³-hybridized carbons (Fsp3) is 0.535. The molecule has 8 atom stereocenters. The molecule has 2 aliphatic heterocycles. The van der Waals surface area contributed by atoms with Crippen molar-refractivity contribution in [2.24, 2.45) is 40.8 Å². The topological polar surface area (TPSA) is 167 Å². The van der Waals surface area contributed by atoms with Gasteiger partial charge in [-0.1, -0.05) is 44.5 Å². The van der Waals surface area contributed by atoms with Crippen LogP contribution < -0.4 is 24.8 Å². The number of benzene rings is 2. The lowest BCUT2D eigenvalue weighted by atomic mass is 9.68. The summed E-state index contributed by atoms with van der Waals surface area (Å²) in [5.74, 6) is -1.51. The molecule has 2 aromatic carbocycles. The molecule has 2 aliphatic carbocycles. The minimum Gasteiger partial charge on any atom is -0.490 e. The van der Waals surface area contributed by atoms with Crippen molar-refractivity contribution in [2.45, 2.75) is 89.0 Å². The molecule has 58 heavy (non-hydrogen) atoms. The molecule has 4 aliphatic rings. The van der Waals surface area contributed by atoms with Crippen molar-refractivity contribution in [1.82, 2.24) is 14.5 Å². The molecule has 1 fully saturated rings. The first-order valence-electron chi connectivity index (χ1n) is 20.2. The van der Waals surface area contributed by atoms with Crippen molar-refractivity contribution in [3.63, 3.8) is 0 Å². The number of carbonyl (C=O) groups excluding carboxylic acids is 3. The Balaban J connectivity index is 1.33. The van der Waals surface area contributed by atoms with Crippen LogP contribution in [0.4, 0.5) is 5.69 Å². The minimum atomic E-state index is -3.78. The largest absolute Gasteiger partial charge is 0.490 e. The van der Waals surface area contributed by atoms with Gasteiger partial charge in [0.25, 0.3) is 11.8 Å². The number of methoxy groups -OCH3 is 1. The molecule has 2 amide bonds. The molecular formula is C43H55ClN6O7S. The number of nitrogens with one attached hydrogen (secondary N) is 1. The number of ether oxygens (including phenoxy) is 3. The molecule has 0 saturated heterocycles. The molecule has 3 N–H and O–H groups in total. The Kier molecular flexibility index (Phi) is 12.0. The quantitative estimate of drug-likeness (QED) is 0.209. The molecule has 1 aromatic heterocycles. The zero-order chi connectivity index (χ0) is 41.5. The van der Waals surface area contributed by atoms with Gasteiger partial charge in [-0.15, -0.1) is 9.46 Å². The molecule has 13 nitrogen and oxygen atoms in total. The highest BCUT2D eigenvalue weighted by atomic mass is 35.5. The molecule has 1 unspecified atom stereocenters. The number of nitrogens with zero attached hydrogens (tertiary/aromatic N) is 4. The van der Waals surface area contributed by atoms with Gasteiger partial charge in [0.1, 0.15) is 33.4 Å². The average molecular weight is 835 g/mol. The first kappa shape index (κ1) is 41.7. The summed E-state index contributed by atoms with van der Waals surface area (Å²) < 4.78 is 41.7. The van der Waals surface area contributed by atoms with E-state index in [2.05, 4.69) is 31.2 Å². The number of rotatable bonds is 6. The maximum Gasteiger partial charge on any atom is 0.323 e. The van der Waals surface area contributed by atoms with Crippen LogP contribution in [0.2, 0.25) is 5.02 Å². The van der Waals surface area contributed by atoms with E-state index in [-0.39, 0.29) is 46.1 Å². The molecule has 312 valence electrons. The fourth-order valence-corrected chi connectivity index (χ4v) is 10.9. The number of allylic oxidation sites excluding steroid dienone is 1. The Morgan fingerprint density at radius 1 is 1.16 bits per heavy atom. The van der Waals surface area contributed by atoms with Crippen LogP contribution in [0.5, 0.6) is 11.6 Å². The van der Waals surface area contributed by atoms with E-state index in [1.165, 1.54) is 29.1 Å². The van der Waals surface area contributed by atoms with Gasteiger partial charge in [0.2, 0.25) is 5.88 Å². The molecular weight excluding hydrogens is 780 g/mol. The van der Waals surface area contributed by atoms with E-state index >= 15 is 4.21 Å². The van der Waals surface area contributed by atoms with E-state index in [1.54, 1.807) is 32.2 Å². The van der Waals surface area contributed by atoms with Gasteiger partial charge >= 0.3 is 5.97 Å². The number of carbonyl (C=O) groups is 3. The molecule has 3 heterocycles. The number of fused-ring (bicyclic) bond motifs is 4. The van der Waals surface area contributed by atoms with Crippen LogP contribution in [-0.2, 0) is 38.3 Å². The summed E-state index contributed by atoms with van der Waals surface area (Å²) in [6.07, 6.45) is 9.77. The van der Waals surface area contributed by atoms with Crippen molar-refractivity contribution in [1.29, 1.82) is 0 Å². The van der Waals surface area contributed by atoms with Crippen molar-refractivity contribution >= 4 is 45.0 Å². The third-order valence-electron chi connectivity index (χ3n) is 12.7. The van der Waals surface area contributed by atoms with Crippen molar-refractivity contribution < 1.29 is 32.8 Å². The average Bonchev–Trinajstić information content (AvgIpc) is 3.50. The summed E-state index contributed by atoms with van der Waals surface area (Å²) in [5, 5.41) is 4.07. The highest BCUT2D eigenvalue weighted by Crippen LogP contribution is 2.47. The van der Waals surface area contributed by atoms with Crippen LogP contribution in [0.15, 0.2) is 59.1 Å². The number of aromatic nitrogens is 2. The normalized spacial score (nSPS) is 29.4. The van der Waals surface area contributed by atoms with Crippen molar-refractivity contribution in [3.05, 3.63) is 82.0 Å². The molecule has 1 spiro atoms. The van der Waals surface area contributed by atoms with Crippen LogP contribution >= 0.6 is 11.6 Å². The summed E-state index contributed by atoms with van der Waals surface area (Å²) in [5.41, 5.74) is 9.35. The number of hydrogen-bond acceptors (Lipinski definition) is 10. The van der Waals surface area contributed by atoms with Gasteiger partial charge in [-0.25, -0.2) is 4.21 Å². The SMILES string of the molecule is COc1nn(C)cc1C(=O)NS1(=O)=NC(=O)c2ccc3c(c2)N(C[C@@H]2CC[C@H]2[C@@H](OC(=O)[C@@H](N)C(C)C)/C=C\C[C@H](C)[C@H]1C)C[C@@]1(CCCc2cc(Cl)ccc21)CO3. The van der Waals surface area contributed by atoms with E-state index in [4.69, 9.17) is 31.5 Å². The van der Waals surface area contributed by atoms with Gasteiger partial charge in [0, 0.05) is 48.3 Å². The van der Waals surface area contributed by atoms with E-state index in [0.29, 0.717) is 36.9 Å². The highest BCUT2D eigenvalue weighted by molar-refractivity contribution is 7.93.